The molecule has 1 saturated carbocycles. The number of amides is 1. The Balaban J connectivity index is 1.64. The molecule has 1 fully saturated rings. The molecule has 0 radical (unpaired) electrons. The van der Waals surface area contributed by atoms with Gasteiger partial charge in [0.2, 0.25) is 5.82 Å². The van der Waals surface area contributed by atoms with Gasteiger partial charge in [0.15, 0.2) is 0 Å². The normalized spacial score (nSPS) is 14.7. The van der Waals surface area contributed by atoms with Crippen LogP contribution < -0.4 is 5.32 Å². The molecule has 1 aliphatic rings. The second-order valence-electron chi connectivity index (χ2n) is 4.63. The van der Waals surface area contributed by atoms with Crippen LogP contribution in [0.3, 0.4) is 0 Å². The van der Waals surface area contributed by atoms with Crippen LogP contribution in [-0.4, -0.2) is 41.3 Å². The van der Waals surface area contributed by atoms with Gasteiger partial charge in [0.25, 0.3) is 5.91 Å². The van der Waals surface area contributed by atoms with Gasteiger partial charge >= 0.3 is 0 Å². The van der Waals surface area contributed by atoms with Crippen LogP contribution in [0.15, 0.2) is 0 Å². The predicted molar refractivity (Wildman–Crippen MR) is 66.4 cm³/mol. The van der Waals surface area contributed by atoms with Gasteiger partial charge in [-0.1, -0.05) is 0 Å². The Kier molecular flexibility index (Phi) is 4.69. The maximum atomic E-state index is 11.7. The molecule has 6 nitrogen and oxygen atoms in total. The third-order valence-corrected chi connectivity index (χ3v) is 2.98. The molecule has 100 valence electrons. The number of ether oxygens (including phenoxy) is 1. The third-order valence-electron chi connectivity index (χ3n) is 2.98. The minimum atomic E-state index is -0.190. The predicted octanol–water partition coefficient (Wildman–Crippen LogP) is 1.23. The number of carbonyl (C=O) groups is 1. The minimum Gasteiger partial charge on any atom is -0.385 e. The average Bonchev–Trinajstić information content (AvgIpc) is 3.11. The molecular weight excluding hydrogens is 232 g/mol. The van der Waals surface area contributed by atoms with Gasteiger partial charge < -0.3 is 10.1 Å². The van der Waals surface area contributed by atoms with Crippen LogP contribution in [0.25, 0.3) is 0 Å². The van der Waals surface area contributed by atoms with Crippen molar-refractivity contribution in [2.75, 3.05) is 20.3 Å². The molecule has 2 rings (SSSR count). The Labute approximate surface area is 107 Å². The van der Waals surface area contributed by atoms with Crippen LogP contribution in [0.5, 0.6) is 0 Å². The molecule has 18 heavy (non-hydrogen) atoms. The lowest BCUT2D eigenvalue weighted by Crippen LogP contribution is -2.25. The number of H-pyrrole nitrogens is 1. The summed E-state index contributed by atoms with van der Waals surface area (Å²) >= 11 is 0. The lowest BCUT2D eigenvalue weighted by molar-refractivity contribution is 0.0942. The monoisotopic (exact) mass is 252 g/mol. The zero-order valence-corrected chi connectivity index (χ0v) is 10.7. The number of unbranched alkanes of at least 4 members (excludes halogenated alkanes) is 2. The van der Waals surface area contributed by atoms with E-state index in [0.717, 1.165) is 44.5 Å². The zero-order chi connectivity index (χ0) is 12.8. The number of rotatable bonds is 8. The Morgan fingerprint density at radius 1 is 1.44 bits per heavy atom. The van der Waals surface area contributed by atoms with Crippen molar-refractivity contribution in [3.05, 3.63) is 11.6 Å². The number of carbonyl (C=O) groups excluding carboxylic acids is 1. The lowest BCUT2D eigenvalue weighted by Gasteiger charge is -2.02. The molecule has 0 unspecified atom stereocenters. The maximum absolute atomic E-state index is 11.7. The Bertz CT molecular complexity index is 387. The molecule has 1 heterocycles. The van der Waals surface area contributed by atoms with E-state index in [4.69, 9.17) is 4.74 Å². The number of hydrogen-bond donors (Lipinski definition) is 2. The maximum Gasteiger partial charge on any atom is 0.290 e. The van der Waals surface area contributed by atoms with Gasteiger partial charge in [-0.3, -0.25) is 9.89 Å². The standard InChI is InChI=1S/C12H20N4O2/c1-18-8-4-2-3-7-13-12(17)11-14-10(15-16-11)9-5-6-9/h9H,2-8H2,1H3,(H,13,17)(H,14,15,16). The summed E-state index contributed by atoms with van der Waals surface area (Å²) in [5.41, 5.74) is 0. The molecule has 2 N–H and O–H groups in total. The number of hydrogen-bond acceptors (Lipinski definition) is 4. The average molecular weight is 252 g/mol. The van der Waals surface area contributed by atoms with Gasteiger partial charge in [-0.05, 0) is 32.1 Å². The highest BCUT2D eigenvalue weighted by molar-refractivity contribution is 5.90. The highest BCUT2D eigenvalue weighted by atomic mass is 16.5. The van der Waals surface area contributed by atoms with Crippen molar-refractivity contribution in [2.45, 2.75) is 38.0 Å². The number of nitrogens with one attached hydrogen (secondary N) is 2. The molecule has 0 aromatic carbocycles. The fourth-order valence-electron chi connectivity index (χ4n) is 1.74. The van der Waals surface area contributed by atoms with Crippen LogP contribution in [0, 0.1) is 0 Å². The molecule has 0 aliphatic heterocycles. The van der Waals surface area contributed by atoms with E-state index in [2.05, 4.69) is 20.5 Å². The first-order valence-corrected chi connectivity index (χ1v) is 6.50. The molecule has 1 aromatic heterocycles. The first kappa shape index (κ1) is 13.0. The van der Waals surface area contributed by atoms with Gasteiger partial charge in [0.05, 0.1) is 0 Å². The quantitative estimate of drug-likeness (QED) is 0.682. The van der Waals surface area contributed by atoms with E-state index in [0.29, 0.717) is 12.5 Å². The molecular formula is C12H20N4O2. The van der Waals surface area contributed by atoms with Crippen LogP contribution in [0.2, 0.25) is 0 Å². The van der Waals surface area contributed by atoms with Gasteiger partial charge in [0, 0.05) is 26.2 Å². The summed E-state index contributed by atoms with van der Waals surface area (Å²) in [6.45, 7) is 1.44. The second-order valence-corrected chi connectivity index (χ2v) is 4.63. The molecule has 1 aliphatic carbocycles. The van der Waals surface area contributed by atoms with Gasteiger partial charge in [0.1, 0.15) is 5.82 Å². The van der Waals surface area contributed by atoms with Crippen LogP contribution in [0.1, 0.15) is 54.5 Å². The van der Waals surface area contributed by atoms with E-state index in [1.54, 1.807) is 7.11 Å². The molecule has 6 heteroatoms. The summed E-state index contributed by atoms with van der Waals surface area (Å²) in [7, 11) is 1.70. The molecule has 1 amide bonds. The Morgan fingerprint density at radius 2 is 2.28 bits per heavy atom. The van der Waals surface area contributed by atoms with Gasteiger partial charge in [-0.15, -0.1) is 5.10 Å². The number of nitrogens with zero attached hydrogens (tertiary/aromatic N) is 2. The molecule has 0 bridgehead atoms. The van der Waals surface area contributed by atoms with Crippen molar-refractivity contribution < 1.29 is 9.53 Å². The Morgan fingerprint density at radius 3 is 3.00 bits per heavy atom. The van der Waals surface area contributed by atoms with Crippen molar-refractivity contribution in [1.29, 1.82) is 0 Å². The van der Waals surface area contributed by atoms with E-state index in [-0.39, 0.29) is 11.7 Å². The van der Waals surface area contributed by atoms with Gasteiger partial charge in [-0.2, -0.15) is 0 Å². The van der Waals surface area contributed by atoms with Crippen molar-refractivity contribution in [3.8, 4) is 0 Å². The highest BCUT2D eigenvalue weighted by Gasteiger charge is 2.28. The van der Waals surface area contributed by atoms with Crippen LogP contribution in [0.4, 0.5) is 0 Å². The zero-order valence-electron chi connectivity index (χ0n) is 10.7. The summed E-state index contributed by atoms with van der Waals surface area (Å²) in [5.74, 6) is 1.41. The summed E-state index contributed by atoms with van der Waals surface area (Å²) < 4.78 is 4.96. The number of aromatic amines is 1. The lowest BCUT2D eigenvalue weighted by atomic mass is 10.2. The summed E-state index contributed by atoms with van der Waals surface area (Å²) in [6, 6.07) is 0. The van der Waals surface area contributed by atoms with Crippen LogP contribution in [-0.2, 0) is 4.74 Å². The van der Waals surface area contributed by atoms with E-state index >= 15 is 0 Å². The topological polar surface area (TPSA) is 79.9 Å². The van der Waals surface area contributed by atoms with Crippen LogP contribution >= 0.6 is 0 Å². The van der Waals surface area contributed by atoms with E-state index < -0.39 is 0 Å². The fourth-order valence-corrected chi connectivity index (χ4v) is 1.74. The first-order valence-electron chi connectivity index (χ1n) is 6.50. The highest BCUT2D eigenvalue weighted by Crippen LogP contribution is 2.37. The van der Waals surface area contributed by atoms with Gasteiger partial charge in [-0.25, -0.2) is 4.98 Å². The Hall–Kier alpha value is -1.43. The fraction of sp³-hybridized carbons (Fsp3) is 0.750. The second kappa shape index (κ2) is 6.49. The van der Waals surface area contributed by atoms with E-state index in [1.807, 2.05) is 0 Å². The van der Waals surface area contributed by atoms with Crippen molar-refractivity contribution in [1.82, 2.24) is 20.5 Å². The number of methoxy groups -OCH3 is 1. The third kappa shape index (κ3) is 3.80. The largest absolute Gasteiger partial charge is 0.385 e. The SMILES string of the molecule is COCCCCCNC(=O)c1n[nH]c(C2CC2)n1. The summed E-state index contributed by atoms with van der Waals surface area (Å²) in [4.78, 5) is 15.9. The molecule has 0 atom stereocenters. The van der Waals surface area contributed by atoms with Crippen molar-refractivity contribution in [3.63, 3.8) is 0 Å². The van der Waals surface area contributed by atoms with E-state index in [9.17, 15) is 4.79 Å². The molecule has 1 aromatic rings. The molecule has 0 saturated heterocycles. The smallest absolute Gasteiger partial charge is 0.290 e. The first-order chi connectivity index (χ1) is 8.81. The molecule has 0 spiro atoms. The summed E-state index contributed by atoms with van der Waals surface area (Å²) in [5, 5.41) is 9.59. The van der Waals surface area contributed by atoms with Crippen molar-refractivity contribution in [2.24, 2.45) is 0 Å². The minimum absolute atomic E-state index is 0.190. The summed E-state index contributed by atoms with van der Waals surface area (Å²) in [6.07, 6.45) is 5.33. The van der Waals surface area contributed by atoms with E-state index in [1.165, 1.54) is 0 Å². The van der Waals surface area contributed by atoms with Crippen molar-refractivity contribution >= 4 is 5.91 Å². The number of aromatic nitrogens is 3.